The quantitative estimate of drug-likeness (QED) is 0.616. The van der Waals surface area contributed by atoms with Gasteiger partial charge in [-0.05, 0) is 34.5 Å². The zero-order valence-electron chi connectivity index (χ0n) is 10.2. The number of benzene rings is 1. The number of nitro benzene ring substituents is 1. The third-order valence-electron chi connectivity index (χ3n) is 2.90. The van der Waals surface area contributed by atoms with E-state index in [1.165, 1.54) is 12.1 Å². The Kier molecular flexibility index (Phi) is 4.49. The second kappa shape index (κ2) is 6.12. The number of hydrogen-bond acceptors (Lipinski definition) is 4. The van der Waals surface area contributed by atoms with Crippen LogP contribution in [0.25, 0.3) is 0 Å². The molecule has 1 aromatic rings. The Hall–Kier alpha value is -1.47. The second-order valence-corrected chi connectivity index (χ2v) is 5.04. The van der Waals surface area contributed by atoms with Crippen LogP contribution >= 0.6 is 15.9 Å². The third kappa shape index (κ3) is 3.30. The van der Waals surface area contributed by atoms with Crippen molar-refractivity contribution in [2.75, 3.05) is 26.3 Å². The fourth-order valence-electron chi connectivity index (χ4n) is 1.92. The lowest BCUT2D eigenvalue weighted by Gasteiger charge is -2.19. The molecule has 0 spiro atoms. The van der Waals surface area contributed by atoms with Gasteiger partial charge in [-0.3, -0.25) is 14.9 Å². The Labute approximate surface area is 118 Å². The van der Waals surface area contributed by atoms with Crippen LogP contribution in [0.2, 0.25) is 0 Å². The lowest BCUT2D eigenvalue weighted by Crippen LogP contribution is -2.33. The highest BCUT2D eigenvalue weighted by molar-refractivity contribution is 9.10. The van der Waals surface area contributed by atoms with Gasteiger partial charge in [0.15, 0.2) is 0 Å². The summed E-state index contributed by atoms with van der Waals surface area (Å²) in [4.78, 5) is 24.3. The summed E-state index contributed by atoms with van der Waals surface area (Å²) < 4.78 is 5.65. The molecule has 1 fully saturated rings. The number of carbonyl (C=O) groups excluding carboxylic acids is 1. The molecule has 0 aromatic heterocycles. The van der Waals surface area contributed by atoms with Crippen LogP contribution in [0.5, 0.6) is 0 Å². The monoisotopic (exact) mass is 328 g/mol. The number of rotatable bonds is 2. The summed E-state index contributed by atoms with van der Waals surface area (Å²) in [6, 6.07) is 4.42. The van der Waals surface area contributed by atoms with Gasteiger partial charge in [-0.25, -0.2) is 0 Å². The molecule has 0 atom stereocenters. The van der Waals surface area contributed by atoms with Crippen LogP contribution in [-0.2, 0) is 4.74 Å². The molecule has 1 amide bonds. The molecule has 0 aliphatic carbocycles. The Bertz CT molecular complexity index is 499. The topological polar surface area (TPSA) is 72.7 Å². The molecule has 0 N–H and O–H groups in total. The van der Waals surface area contributed by atoms with Gasteiger partial charge < -0.3 is 9.64 Å². The van der Waals surface area contributed by atoms with Crippen LogP contribution in [0.15, 0.2) is 22.7 Å². The first-order chi connectivity index (χ1) is 9.09. The highest BCUT2D eigenvalue weighted by Gasteiger charge is 2.21. The Morgan fingerprint density at radius 1 is 1.37 bits per heavy atom. The number of halogens is 1. The summed E-state index contributed by atoms with van der Waals surface area (Å²) in [5.74, 6) is -0.193. The Balaban J connectivity index is 2.23. The Morgan fingerprint density at radius 3 is 2.89 bits per heavy atom. The van der Waals surface area contributed by atoms with Gasteiger partial charge in [0.2, 0.25) is 0 Å². The van der Waals surface area contributed by atoms with Crippen molar-refractivity contribution in [1.29, 1.82) is 0 Å². The van der Waals surface area contributed by atoms with Crippen LogP contribution in [-0.4, -0.2) is 42.0 Å². The van der Waals surface area contributed by atoms with Crippen molar-refractivity contribution in [2.45, 2.75) is 6.42 Å². The summed E-state index contributed by atoms with van der Waals surface area (Å²) in [5.41, 5.74) is 0.230. The minimum Gasteiger partial charge on any atom is -0.380 e. The first-order valence-electron chi connectivity index (χ1n) is 5.90. The summed E-state index contributed by atoms with van der Waals surface area (Å²) in [6.45, 7) is 2.28. The summed E-state index contributed by atoms with van der Waals surface area (Å²) >= 11 is 3.10. The van der Waals surface area contributed by atoms with Crippen molar-refractivity contribution >= 4 is 27.5 Å². The first kappa shape index (κ1) is 14.0. The molecule has 1 aromatic carbocycles. The minimum absolute atomic E-state index is 0.100. The number of amides is 1. The number of nitrogens with zero attached hydrogens (tertiary/aromatic N) is 2. The van der Waals surface area contributed by atoms with Crippen molar-refractivity contribution < 1.29 is 14.5 Å². The average molecular weight is 329 g/mol. The maximum absolute atomic E-state index is 12.3. The van der Waals surface area contributed by atoms with Crippen molar-refractivity contribution in [1.82, 2.24) is 4.90 Å². The highest BCUT2D eigenvalue weighted by Crippen LogP contribution is 2.26. The largest absolute Gasteiger partial charge is 0.380 e. The van der Waals surface area contributed by atoms with E-state index in [9.17, 15) is 14.9 Å². The molecule has 19 heavy (non-hydrogen) atoms. The van der Waals surface area contributed by atoms with Gasteiger partial charge in [-0.2, -0.15) is 0 Å². The van der Waals surface area contributed by atoms with Crippen LogP contribution in [0, 0.1) is 10.1 Å². The maximum atomic E-state index is 12.3. The van der Waals surface area contributed by atoms with Crippen molar-refractivity contribution in [3.63, 3.8) is 0 Å². The predicted molar refractivity (Wildman–Crippen MR) is 72.1 cm³/mol. The average Bonchev–Trinajstić information content (AvgIpc) is 2.67. The van der Waals surface area contributed by atoms with Crippen LogP contribution in [0.3, 0.4) is 0 Å². The van der Waals surface area contributed by atoms with Gasteiger partial charge in [0.1, 0.15) is 0 Å². The van der Waals surface area contributed by atoms with E-state index in [1.54, 1.807) is 11.0 Å². The molecule has 6 nitrogen and oxygen atoms in total. The molecule has 7 heteroatoms. The van der Waals surface area contributed by atoms with E-state index < -0.39 is 4.92 Å². The van der Waals surface area contributed by atoms with Crippen LogP contribution in [0.1, 0.15) is 16.8 Å². The first-order valence-corrected chi connectivity index (χ1v) is 6.70. The molecule has 0 unspecified atom stereocenters. The molecule has 1 saturated heterocycles. The number of hydrogen-bond donors (Lipinski definition) is 0. The lowest BCUT2D eigenvalue weighted by atomic mass is 10.1. The summed E-state index contributed by atoms with van der Waals surface area (Å²) in [7, 11) is 0. The van der Waals surface area contributed by atoms with E-state index in [2.05, 4.69) is 15.9 Å². The number of nitro groups is 1. The third-order valence-corrected chi connectivity index (χ3v) is 3.57. The summed E-state index contributed by atoms with van der Waals surface area (Å²) in [6.07, 6.45) is 0.782. The van der Waals surface area contributed by atoms with Gasteiger partial charge in [-0.1, -0.05) is 0 Å². The van der Waals surface area contributed by atoms with Crippen LogP contribution in [0.4, 0.5) is 5.69 Å². The molecule has 1 aliphatic rings. The molecule has 0 saturated carbocycles. The summed E-state index contributed by atoms with van der Waals surface area (Å²) in [5, 5.41) is 10.9. The fourth-order valence-corrected chi connectivity index (χ4v) is 2.31. The number of carbonyl (C=O) groups is 1. The molecular weight excluding hydrogens is 316 g/mol. The second-order valence-electron chi connectivity index (χ2n) is 4.18. The van der Waals surface area contributed by atoms with Crippen molar-refractivity contribution in [2.24, 2.45) is 0 Å². The van der Waals surface area contributed by atoms with Crippen LogP contribution < -0.4 is 0 Å². The highest BCUT2D eigenvalue weighted by atomic mass is 79.9. The zero-order valence-corrected chi connectivity index (χ0v) is 11.8. The molecule has 2 rings (SSSR count). The molecule has 102 valence electrons. The Morgan fingerprint density at radius 2 is 2.16 bits per heavy atom. The van der Waals surface area contributed by atoms with Gasteiger partial charge in [0.25, 0.3) is 11.6 Å². The molecular formula is C12H13BrN2O4. The minimum atomic E-state index is -0.508. The number of ether oxygens (including phenoxy) is 1. The van der Waals surface area contributed by atoms with Gasteiger partial charge in [0.05, 0.1) is 16.0 Å². The normalized spacial score (nSPS) is 15.9. The lowest BCUT2D eigenvalue weighted by molar-refractivity contribution is -0.385. The smallest absolute Gasteiger partial charge is 0.284 e. The predicted octanol–water partition coefficient (Wildman–Crippen LogP) is 2.22. The van der Waals surface area contributed by atoms with Crippen molar-refractivity contribution in [3.05, 3.63) is 38.3 Å². The SMILES string of the molecule is O=C(c1ccc(Br)c([N+](=O)[O-])c1)N1CCCOCC1. The molecule has 0 bridgehead atoms. The standard InChI is InChI=1S/C12H13BrN2O4/c13-10-3-2-9(8-11(10)15(17)18)12(16)14-4-1-6-19-7-5-14/h2-3,8H,1,4-7H2. The molecule has 1 heterocycles. The van der Waals surface area contributed by atoms with E-state index >= 15 is 0 Å². The van der Waals surface area contributed by atoms with E-state index in [-0.39, 0.29) is 11.6 Å². The van der Waals surface area contributed by atoms with Gasteiger partial charge >= 0.3 is 0 Å². The van der Waals surface area contributed by atoms with E-state index in [4.69, 9.17) is 4.74 Å². The fraction of sp³-hybridized carbons (Fsp3) is 0.417. The van der Waals surface area contributed by atoms with E-state index in [0.717, 1.165) is 6.42 Å². The van der Waals surface area contributed by atoms with Gasteiger partial charge in [-0.15, -0.1) is 0 Å². The van der Waals surface area contributed by atoms with Crippen molar-refractivity contribution in [3.8, 4) is 0 Å². The molecule has 1 aliphatic heterocycles. The van der Waals surface area contributed by atoms with E-state index in [0.29, 0.717) is 36.3 Å². The van der Waals surface area contributed by atoms with Gasteiger partial charge in [0, 0.05) is 31.3 Å². The molecule has 0 radical (unpaired) electrons. The zero-order chi connectivity index (χ0) is 13.8. The maximum Gasteiger partial charge on any atom is 0.284 e. The van der Waals surface area contributed by atoms with E-state index in [1.807, 2.05) is 0 Å².